The Morgan fingerprint density at radius 3 is 2.70 bits per heavy atom. The van der Waals surface area contributed by atoms with Gasteiger partial charge in [0.25, 0.3) is 0 Å². The zero-order valence-corrected chi connectivity index (χ0v) is 12.9. The fraction of sp³-hybridized carbons (Fsp3) is 0.600. The Bertz CT molecular complexity index is 538. The Labute approximate surface area is 121 Å². The van der Waals surface area contributed by atoms with Gasteiger partial charge in [-0.1, -0.05) is 13.8 Å². The summed E-state index contributed by atoms with van der Waals surface area (Å²) in [7, 11) is 0. The van der Waals surface area contributed by atoms with Crippen molar-refractivity contribution < 1.29 is 0 Å². The summed E-state index contributed by atoms with van der Waals surface area (Å²) >= 11 is 0. The zero-order valence-electron chi connectivity index (χ0n) is 12.9. The molecule has 5 heteroatoms. The summed E-state index contributed by atoms with van der Waals surface area (Å²) in [5, 5.41) is 12.2. The maximum absolute atomic E-state index is 4.48. The van der Waals surface area contributed by atoms with Crippen LogP contribution in [0.15, 0.2) is 18.6 Å². The van der Waals surface area contributed by atoms with Crippen molar-refractivity contribution in [3.8, 4) is 0 Å². The first-order chi connectivity index (χ1) is 9.60. The van der Waals surface area contributed by atoms with E-state index in [1.54, 1.807) is 0 Å². The number of aryl methyl sites for hydroxylation is 1. The SMILES string of the molecule is CCn1cc(Cn2ncc(CNCC(C)C)c2C)cn1. The van der Waals surface area contributed by atoms with Crippen LogP contribution in [0.2, 0.25) is 0 Å². The first-order valence-electron chi connectivity index (χ1n) is 7.33. The van der Waals surface area contributed by atoms with E-state index in [2.05, 4.69) is 49.4 Å². The Kier molecular flexibility index (Phi) is 4.95. The van der Waals surface area contributed by atoms with Crippen LogP contribution in [0, 0.1) is 12.8 Å². The highest BCUT2D eigenvalue weighted by molar-refractivity contribution is 5.17. The molecule has 0 aliphatic heterocycles. The van der Waals surface area contributed by atoms with Gasteiger partial charge < -0.3 is 5.32 Å². The summed E-state index contributed by atoms with van der Waals surface area (Å²) in [6.07, 6.45) is 5.96. The molecule has 2 heterocycles. The fourth-order valence-corrected chi connectivity index (χ4v) is 2.15. The van der Waals surface area contributed by atoms with E-state index in [4.69, 9.17) is 0 Å². The van der Waals surface area contributed by atoms with Gasteiger partial charge in [-0.2, -0.15) is 10.2 Å². The predicted octanol–water partition coefficient (Wildman–Crippen LogP) is 2.20. The highest BCUT2D eigenvalue weighted by atomic mass is 15.3. The minimum Gasteiger partial charge on any atom is -0.312 e. The van der Waals surface area contributed by atoms with Crippen molar-refractivity contribution >= 4 is 0 Å². The van der Waals surface area contributed by atoms with Gasteiger partial charge in [0.1, 0.15) is 0 Å². The molecule has 0 spiro atoms. The van der Waals surface area contributed by atoms with E-state index in [1.165, 1.54) is 16.8 Å². The number of aromatic nitrogens is 4. The Morgan fingerprint density at radius 1 is 1.25 bits per heavy atom. The second kappa shape index (κ2) is 6.70. The molecular formula is C15H25N5. The number of rotatable bonds is 7. The third kappa shape index (κ3) is 3.70. The van der Waals surface area contributed by atoms with Gasteiger partial charge in [0, 0.05) is 36.1 Å². The third-order valence-corrected chi connectivity index (χ3v) is 3.42. The smallest absolute Gasteiger partial charge is 0.0693 e. The van der Waals surface area contributed by atoms with Gasteiger partial charge in [0.2, 0.25) is 0 Å². The molecule has 0 atom stereocenters. The molecule has 0 amide bonds. The summed E-state index contributed by atoms with van der Waals surface area (Å²) < 4.78 is 3.99. The van der Waals surface area contributed by atoms with Gasteiger partial charge in [-0.15, -0.1) is 0 Å². The summed E-state index contributed by atoms with van der Waals surface area (Å²) in [5.74, 6) is 0.672. The molecule has 1 N–H and O–H groups in total. The molecule has 0 aliphatic carbocycles. The van der Waals surface area contributed by atoms with Crippen molar-refractivity contribution in [2.45, 2.75) is 47.3 Å². The first-order valence-corrected chi connectivity index (χ1v) is 7.33. The quantitative estimate of drug-likeness (QED) is 0.842. The van der Waals surface area contributed by atoms with Gasteiger partial charge in [-0.05, 0) is 26.3 Å². The second-order valence-corrected chi connectivity index (χ2v) is 5.64. The average molecular weight is 275 g/mol. The van der Waals surface area contributed by atoms with Gasteiger partial charge in [-0.3, -0.25) is 9.36 Å². The maximum atomic E-state index is 4.48. The first kappa shape index (κ1) is 14.8. The zero-order chi connectivity index (χ0) is 14.5. The van der Waals surface area contributed by atoms with E-state index in [9.17, 15) is 0 Å². The van der Waals surface area contributed by atoms with Crippen LogP contribution >= 0.6 is 0 Å². The van der Waals surface area contributed by atoms with Crippen LogP contribution in [-0.4, -0.2) is 26.1 Å². The Morgan fingerprint density at radius 2 is 2.05 bits per heavy atom. The van der Waals surface area contributed by atoms with Crippen LogP contribution in [0.5, 0.6) is 0 Å². The molecule has 20 heavy (non-hydrogen) atoms. The van der Waals surface area contributed by atoms with Crippen molar-refractivity contribution in [3.63, 3.8) is 0 Å². The molecule has 0 aliphatic rings. The molecule has 110 valence electrons. The third-order valence-electron chi connectivity index (χ3n) is 3.42. The maximum Gasteiger partial charge on any atom is 0.0693 e. The molecule has 0 radical (unpaired) electrons. The lowest BCUT2D eigenvalue weighted by molar-refractivity contribution is 0.550. The van der Waals surface area contributed by atoms with Crippen LogP contribution in [0.25, 0.3) is 0 Å². The van der Waals surface area contributed by atoms with Gasteiger partial charge in [0.15, 0.2) is 0 Å². The predicted molar refractivity (Wildman–Crippen MR) is 80.5 cm³/mol. The van der Waals surface area contributed by atoms with E-state index < -0.39 is 0 Å². The molecule has 2 aromatic heterocycles. The highest BCUT2D eigenvalue weighted by Crippen LogP contribution is 2.10. The van der Waals surface area contributed by atoms with Crippen LogP contribution < -0.4 is 5.32 Å². The molecule has 2 rings (SSSR count). The van der Waals surface area contributed by atoms with Crippen LogP contribution in [-0.2, 0) is 19.6 Å². The minimum absolute atomic E-state index is 0.672. The fourth-order valence-electron chi connectivity index (χ4n) is 2.15. The Hall–Kier alpha value is -1.62. The molecule has 2 aromatic rings. The molecule has 0 fully saturated rings. The molecule has 5 nitrogen and oxygen atoms in total. The summed E-state index contributed by atoms with van der Waals surface area (Å²) in [5.41, 5.74) is 3.69. The van der Waals surface area contributed by atoms with Crippen molar-refractivity contribution in [3.05, 3.63) is 35.4 Å². The number of nitrogens with zero attached hydrogens (tertiary/aromatic N) is 4. The molecule has 0 saturated heterocycles. The summed E-state index contributed by atoms with van der Waals surface area (Å²) in [4.78, 5) is 0. The van der Waals surface area contributed by atoms with E-state index in [0.29, 0.717) is 5.92 Å². The van der Waals surface area contributed by atoms with E-state index in [1.807, 2.05) is 21.8 Å². The summed E-state index contributed by atoms with van der Waals surface area (Å²) in [6.45, 7) is 12.3. The van der Waals surface area contributed by atoms with Crippen molar-refractivity contribution in [2.24, 2.45) is 5.92 Å². The van der Waals surface area contributed by atoms with Crippen LogP contribution in [0.4, 0.5) is 0 Å². The molecular weight excluding hydrogens is 250 g/mol. The standard InChI is InChI=1S/C15H25N5/c1-5-19-10-14(7-17-19)11-20-13(4)15(9-18-20)8-16-6-12(2)3/h7,9-10,12,16H,5-6,8,11H2,1-4H3. The average Bonchev–Trinajstić information content (AvgIpc) is 2.99. The van der Waals surface area contributed by atoms with Crippen LogP contribution in [0.1, 0.15) is 37.6 Å². The molecule has 0 saturated carbocycles. The lowest BCUT2D eigenvalue weighted by Crippen LogP contribution is -2.19. The van der Waals surface area contributed by atoms with E-state index in [0.717, 1.165) is 26.2 Å². The number of hydrogen-bond donors (Lipinski definition) is 1. The monoisotopic (exact) mass is 275 g/mol. The van der Waals surface area contributed by atoms with Crippen molar-refractivity contribution in [1.29, 1.82) is 0 Å². The Balaban J connectivity index is 1.97. The number of nitrogens with one attached hydrogen (secondary N) is 1. The van der Waals surface area contributed by atoms with Gasteiger partial charge in [-0.25, -0.2) is 0 Å². The molecule has 0 aromatic carbocycles. The van der Waals surface area contributed by atoms with Gasteiger partial charge in [0.05, 0.1) is 18.9 Å². The van der Waals surface area contributed by atoms with Gasteiger partial charge >= 0.3 is 0 Å². The highest BCUT2D eigenvalue weighted by Gasteiger charge is 2.08. The van der Waals surface area contributed by atoms with Crippen molar-refractivity contribution in [2.75, 3.05) is 6.54 Å². The normalized spacial score (nSPS) is 11.4. The lowest BCUT2D eigenvalue weighted by atomic mass is 10.2. The van der Waals surface area contributed by atoms with E-state index >= 15 is 0 Å². The van der Waals surface area contributed by atoms with E-state index in [-0.39, 0.29) is 0 Å². The second-order valence-electron chi connectivity index (χ2n) is 5.64. The largest absolute Gasteiger partial charge is 0.312 e. The minimum atomic E-state index is 0.672. The molecule has 0 bridgehead atoms. The van der Waals surface area contributed by atoms with Crippen LogP contribution in [0.3, 0.4) is 0 Å². The molecule has 0 unspecified atom stereocenters. The number of hydrogen-bond acceptors (Lipinski definition) is 3. The van der Waals surface area contributed by atoms with Crippen molar-refractivity contribution in [1.82, 2.24) is 24.9 Å². The summed E-state index contributed by atoms with van der Waals surface area (Å²) in [6, 6.07) is 0. The lowest BCUT2D eigenvalue weighted by Gasteiger charge is -2.07. The topological polar surface area (TPSA) is 47.7 Å².